The fourth-order valence-electron chi connectivity index (χ4n) is 1.28. The monoisotopic (exact) mass is 225 g/mol. The van der Waals surface area contributed by atoms with Crippen molar-refractivity contribution in [1.29, 1.82) is 5.26 Å². The number of nitriles is 1. The van der Waals surface area contributed by atoms with Gasteiger partial charge in [-0.25, -0.2) is 4.39 Å². The fourth-order valence-corrected chi connectivity index (χ4v) is 2.68. The SMILES string of the molecule is N#CCc1sc2ccc(F)cc2c1Cl. The highest BCUT2D eigenvalue weighted by atomic mass is 35.5. The molecule has 1 heterocycles. The van der Waals surface area contributed by atoms with E-state index in [9.17, 15) is 4.39 Å². The Kier molecular flexibility index (Phi) is 2.40. The smallest absolute Gasteiger partial charge is 0.123 e. The zero-order valence-electron chi connectivity index (χ0n) is 7.05. The third-order valence-electron chi connectivity index (χ3n) is 1.90. The molecule has 2 rings (SSSR count). The molecule has 0 aliphatic carbocycles. The highest BCUT2D eigenvalue weighted by Crippen LogP contribution is 2.35. The lowest BCUT2D eigenvalue weighted by molar-refractivity contribution is 0.630. The molecule has 1 aromatic heterocycles. The van der Waals surface area contributed by atoms with E-state index in [1.165, 1.54) is 23.5 Å². The molecule has 0 spiro atoms. The Morgan fingerprint density at radius 2 is 2.29 bits per heavy atom. The zero-order valence-corrected chi connectivity index (χ0v) is 8.62. The lowest BCUT2D eigenvalue weighted by Crippen LogP contribution is -1.74. The van der Waals surface area contributed by atoms with Crippen LogP contribution in [0, 0.1) is 17.1 Å². The molecule has 4 heteroatoms. The first kappa shape index (κ1) is 9.45. The Hall–Kier alpha value is -1.11. The van der Waals surface area contributed by atoms with Gasteiger partial charge >= 0.3 is 0 Å². The predicted octanol–water partition coefficient (Wildman–Crippen LogP) is 3.76. The molecule has 0 atom stereocenters. The second-order valence-corrected chi connectivity index (χ2v) is 4.33. The minimum atomic E-state index is -0.305. The van der Waals surface area contributed by atoms with Gasteiger partial charge in [0.15, 0.2) is 0 Å². The second-order valence-electron chi connectivity index (χ2n) is 2.81. The van der Waals surface area contributed by atoms with Crippen molar-refractivity contribution < 1.29 is 4.39 Å². The number of nitrogens with zero attached hydrogens (tertiary/aromatic N) is 1. The molecule has 0 unspecified atom stereocenters. The summed E-state index contributed by atoms with van der Waals surface area (Å²) in [4.78, 5) is 0.801. The second kappa shape index (κ2) is 3.56. The van der Waals surface area contributed by atoms with Crippen molar-refractivity contribution in [2.75, 3.05) is 0 Å². The Morgan fingerprint density at radius 1 is 1.50 bits per heavy atom. The number of rotatable bonds is 1. The number of benzene rings is 1. The minimum Gasteiger partial charge on any atom is -0.207 e. The van der Waals surface area contributed by atoms with Gasteiger partial charge in [-0.05, 0) is 18.2 Å². The molecule has 0 amide bonds. The van der Waals surface area contributed by atoms with Gasteiger partial charge in [0, 0.05) is 15.0 Å². The maximum absolute atomic E-state index is 12.9. The Labute approximate surface area is 89.3 Å². The first-order chi connectivity index (χ1) is 6.72. The van der Waals surface area contributed by atoms with Gasteiger partial charge in [0.2, 0.25) is 0 Å². The number of hydrogen-bond donors (Lipinski definition) is 0. The van der Waals surface area contributed by atoms with E-state index in [4.69, 9.17) is 16.9 Å². The van der Waals surface area contributed by atoms with Crippen molar-refractivity contribution >= 4 is 33.0 Å². The van der Waals surface area contributed by atoms with Gasteiger partial charge in [0.05, 0.1) is 17.5 Å². The Balaban J connectivity index is 2.69. The van der Waals surface area contributed by atoms with Gasteiger partial charge in [-0.1, -0.05) is 11.6 Å². The summed E-state index contributed by atoms with van der Waals surface area (Å²) < 4.78 is 13.8. The molecular formula is C10H5ClFNS. The first-order valence-corrected chi connectivity index (χ1v) is 5.15. The van der Waals surface area contributed by atoms with Crippen molar-refractivity contribution in [1.82, 2.24) is 0 Å². The highest BCUT2D eigenvalue weighted by Gasteiger charge is 2.10. The molecular weight excluding hydrogens is 221 g/mol. The molecule has 0 fully saturated rings. The third kappa shape index (κ3) is 1.47. The van der Waals surface area contributed by atoms with Gasteiger partial charge in [0.1, 0.15) is 5.82 Å². The maximum Gasteiger partial charge on any atom is 0.123 e. The van der Waals surface area contributed by atoms with Crippen LogP contribution in [0.4, 0.5) is 4.39 Å². The number of hydrogen-bond acceptors (Lipinski definition) is 2. The quantitative estimate of drug-likeness (QED) is 0.725. The van der Waals surface area contributed by atoms with E-state index in [0.29, 0.717) is 10.4 Å². The number of thiophene rings is 1. The maximum atomic E-state index is 12.9. The summed E-state index contributed by atoms with van der Waals surface area (Å²) in [7, 11) is 0. The summed E-state index contributed by atoms with van der Waals surface area (Å²) in [6.45, 7) is 0. The van der Waals surface area contributed by atoms with Crippen LogP contribution in [0.15, 0.2) is 18.2 Å². The van der Waals surface area contributed by atoms with Crippen molar-refractivity contribution in [3.8, 4) is 6.07 Å². The van der Waals surface area contributed by atoms with Gasteiger partial charge in [-0.2, -0.15) is 5.26 Å². The molecule has 0 aliphatic heterocycles. The third-order valence-corrected chi connectivity index (χ3v) is 3.61. The van der Waals surface area contributed by atoms with Crippen LogP contribution in [-0.4, -0.2) is 0 Å². The summed E-state index contributed by atoms with van der Waals surface area (Å²) in [6.07, 6.45) is 0.278. The van der Waals surface area contributed by atoms with E-state index in [0.717, 1.165) is 9.58 Å². The first-order valence-electron chi connectivity index (χ1n) is 3.95. The van der Waals surface area contributed by atoms with E-state index in [2.05, 4.69) is 0 Å². The normalized spacial score (nSPS) is 10.4. The number of halogens is 2. The Morgan fingerprint density at radius 3 is 3.00 bits per heavy atom. The molecule has 1 nitrogen and oxygen atoms in total. The largest absolute Gasteiger partial charge is 0.207 e. The lowest BCUT2D eigenvalue weighted by Gasteiger charge is -1.90. The highest BCUT2D eigenvalue weighted by molar-refractivity contribution is 7.19. The molecule has 0 radical (unpaired) electrons. The van der Waals surface area contributed by atoms with Crippen LogP contribution >= 0.6 is 22.9 Å². The van der Waals surface area contributed by atoms with Crippen LogP contribution in [0.1, 0.15) is 4.88 Å². The molecule has 1 aromatic carbocycles. The molecule has 0 N–H and O–H groups in total. The zero-order chi connectivity index (χ0) is 10.1. The van der Waals surface area contributed by atoms with Crippen molar-refractivity contribution in [2.45, 2.75) is 6.42 Å². The summed E-state index contributed by atoms with van der Waals surface area (Å²) in [5, 5.41) is 9.75. The summed E-state index contributed by atoms with van der Waals surface area (Å²) in [6, 6.07) is 6.51. The standard InChI is InChI=1S/C10H5ClFNS/c11-10-7-5-6(12)1-2-8(7)14-9(10)3-4-13/h1-2,5H,3H2. The van der Waals surface area contributed by atoms with Crippen molar-refractivity contribution in [2.24, 2.45) is 0 Å². The predicted molar refractivity (Wildman–Crippen MR) is 56.1 cm³/mol. The van der Waals surface area contributed by atoms with Crippen molar-refractivity contribution in [3.63, 3.8) is 0 Å². The summed E-state index contributed by atoms with van der Waals surface area (Å²) >= 11 is 7.44. The van der Waals surface area contributed by atoms with E-state index in [1.54, 1.807) is 6.07 Å². The van der Waals surface area contributed by atoms with E-state index in [1.807, 2.05) is 6.07 Å². The summed E-state index contributed by atoms with van der Waals surface area (Å²) in [5.41, 5.74) is 0. The molecule has 0 bridgehead atoms. The molecule has 0 saturated carbocycles. The van der Waals surface area contributed by atoms with Crippen LogP contribution in [-0.2, 0) is 6.42 Å². The van der Waals surface area contributed by atoms with Crippen LogP contribution in [0.3, 0.4) is 0 Å². The minimum absolute atomic E-state index is 0.278. The van der Waals surface area contributed by atoms with Gasteiger partial charge < -0.3 is 0 Å². The van der Waals surface area contributed by atoms with Crippen molar-refractivity contribution in [3.05, 3.63) is 33.9 Å². The van der Waals surface area contributed by atoms with Crippen LogP contribution in [0.5, 0.6) is 0 Å². The van der Waals surface area contributed by atoms with E-state index >= 15 is 0 Å². The van der Waals surface area contributed by atoms with Crippen LogP contribution in [0.25, 0.3) is 10.1 Å². The van der Waals surface area contributed by atoms with Gasteiger partial charge in [0.25, 0.3) is 0 Å². The fraction of sp³-hybridized carbons (Fsp3) is 0.100. The van der Waals surface area contributed by atoms with Gasteiger partial charge in [-0.3, -0.25) is 0 Å². The molecule has 2 aromatic rings. The topological polar surface area (TPSA) is 23.8 Å². The van der Waals surface area contributed by atoms with Gasteiger partial charge in [-0.15, -0.1) is 11.3 Å². The van der Waals surface area contributed by atoms with Crippen LogP contribution in [0.2, 0.25) is 5.02 Å². The average molecular weight is 226 g/mol. The lowest BCUT2D eigenvalue weighted by atomic mass is 10.2. The average Bonchev–Trinajstić information content (AvgIpc) is 2.46. The molecule has 70 valence electrons. The number of fused-ring (bicyclic) bond motifs is 1. The summed E-state index contributed by atoms with van der Waals surface area (Å²) in [5.74, 6) is -0.305. The molecule has 0 saturated heterocycles. The molecule has 0 aliphatic rings. The van der Waals surface area contributed by atoms with E-state index < -0.39 is 0 Å². The van der Waals surface area contributed by atoms with E-state index in [-0.39, 0.29) is 12.2 Å². The van der Waals surface area contributed by atoms with Crippen LogP contribution < -0.4 is 0 Å². The Bertz CT molecular complexity index is 527. The molecule has 14 heavy (non-hydrogen) atoms.